The minimum atomic E-state index is 0.0585. The molecule has 0 aromatic carbocycles. The number of hydrogen-bond acceptors (Lipinski definition) is 2. The number of rotatable bonds is 25. The Morgan fingerprint density at radius 2 is 1.43 bits per heavy atom. The lowest BCUT2D eigenvalue weighted by atomic mass is 9.47. The first-order valence-electron chi connectivity index (χ1n) is 23.8. The van der Waals surface area contributed by atoms with Gasteiger partial charge in [-0.3, -0.25) is 4.79 Å². The number of esters is 1. The third-order valence-corrected chi connectivity index (χ3v) is 15.9. The molecule has 4 aliphatic carbocycles. The van der Waals surface area contributed by atoms with E-state index in [1.807, 2.05) is 0 Å². The van der Waals surface area contributed by atoms with Crippen molar-refractivity contribution in [3.63, 3.8) is 0 Å². The van der Waals surface area contributed by atoms with E-state index in [0.29, 0.717) is 17.3 Å². The second kappa shape index (κ2) is 23.0. The molecule has 0 amide bonds. The second-order valence-electron chi connectivity index (χ2n) is 19.7. The summed E-state index contributed by atoms with van der Waals surface area (Å²) in [4.78, 5) is 12.9. The Labute approximate surface area is 330 Å². The highest BCUT2D eigenvalue weighted by atomic mass is 16.5. The molecular weight excluding hydrogens is 645 g/mol. The van der Waals surface area contributed by atoms with Crippen molar-refractivity contribution < 1.29 is 9.53 Å². The first-order valence-corrected chi connectivity index (χ1v) is 23.8. The summed E-state index contributed by atoms with van der Waals surface area (Å²) in [6.07, 6.45) is 46.3. The van der Waals surface area contributed by atoms with Crippen molar-refractivity contribution in [3.8, 4) is 0 Å². The van der Waals surface area contributed by atoms with Crippen LogP contribution in [0.3, 0.4) is 0 Å². The van der Waals surface area contributed by atoms with Gasteiger partial charge >= 0.3 is 5.97 Å². The molecular formula is C51H88O2. The highest BCUT2D eigenvalue weighted by molar-refractivity contribution is 5.69. The first kappa shape index (κ1) is 44.4. The van der Waals surface area contributed by atoms with Crippen LogP contribution in [0, 0.1) is 52.3 Å². The molecule has 3 fully saturated rings. The molecule has 53 heavy (non-hydrogen) atoms. The number of fused-ring (bicyclic) bond motifs is 5. The molecule has 0 heterocycles. The summed E-state index contributed by atoms with van der Waals surface area (Å²) in [5, 5.41) is 0. The van der Waals surface area contributed by atoms with Gasteiger partial charge in [-0.15, -0.1) is 0 Å². The highest BCUT2D eigenvalue weighted by Crippen LogP contribution is 2.67. The first-order chi connectivity index (χ1) is 25.6. The van der Waals surface area contributed by atoms with Crippen molar-refractivity contribution in [2.75, 3.05) is 0 Å². The van der Waals surface area contributed by atoms with Crippen molar-refractivity contribution in [2.24, 2.45) is 52.3 Å². The molecule has 4 aliphatic rings. The lowest BCUT2D eigenvalue weighted by Gasteiger charge is -2.58. The summed E-state index contributed by atoms with van der Waals surface area (Å²) in [5.41, 5.74) is 2.51. The van der Waals surface area contributed by atoms with Crippen molar-refractivity contribution in [1.82, 2.24) is 0 Å². The quantitative estimate of drug-likeness (QED) is 0.0531. The van der Waals surface area contributed by atoms with Gasteiger partial charge in [-0.25, -0.2) is 0 Å². The van der Waals surface area contributed by atoms with Gasteiger partial charge in [0.15, 0.2) is 0 Å². The number of allylic oxidation sites excluding steroid dienone is 5. The van der Waals surface area contributed by atoms with Gasteiger partial charge < -0.3 is 4.74 Å². The molecule has 0 spiro atoms. The molecule has 0 aliphatic heterocycles. The average Bonchev–Trinajstić information content (AvgIpc) is 3.50. The Morgan fingerprint density at radius 1 is 0.774 bits per heavy atom. The Bertz CT molecular complexity index is 1130. The lowest BCUT2D eigenvalue weighted by molar-refractivity contribution is -0.151. The molecule has 304 valence electrons. The van der Waals surface area contributed by atoms with Gasteiger partial charge in [0.2, 0.25) is 0 Å². The Kier molecular flexibility index (Phi) is 19.3. The number of carbonyl (C=O) groups is 1. The van der Waals surface area contributed by atoms with E-state index >= 15 is 0 Å². The molecule has 0 radical (unpaired) electrons. The molecule has 2 heteroatoms. The maximum atomic E-state index is 12.9. The third kappa shape index (κ3) is 12.9. The lowest BCUT2D eigenvalue weighted by Crippen LogP contribution is -2.51. The van der Waals surface area contributed by atoms with Crippen LogP contribution in [0.2, 0.25) is 0 Å². The molecule has 0 N–H and O–H groups in total. The van der Waals surface area contributed by atoms with E-state index in [0.717, 1.165) is 67.1 Å². The summed E-state index contributed by atoms with van der Waals surface area (Å²) in [6, 6.07) is 0. The van der Waals surface area contributed by atoms with Crippen LogP contribution >= 0.6 is 0 Å². The van der Waals surface area contributed by atoms with Gasteiger partial charge in [-0.05, 0) is 142 Å². The Morgan fingerprint density at radius 3 is 2.09 bits per heavy atom. The molecule has 0 aromatic heterocycles. The van der Waals surface area contributed by atoms with E-state index in [9.17, 15) is 4.79 Å². The number of carbonyl (C=O) groups excluding carboxylic acids is 1. The van der Waals surface area contributed by atoms with Gasteiger partial charge in [0, 0.05) is 12.8 Å². The molecule has 0 aromatic rings. The van der Waals surface area contributed by atoms with E-state index in [2.05, 4.69) is 78.8 Å². The van der Waals surface area contributed by atoms with Gasteiger partial charge in [0.25, 0.3) is 0 Å². The molecule has 4 rings (SSSR count). The fourth-order valence-corrected chi connectivity index (χ4v) is 12.4. The van der Waals surface area contributed by atoms with Gasteiger partial charge in [0.05, 0.1) is 0 Å². The number of hydrogen-bond donors (Lipinski definition) is 0. The highest BCUT2D eigenvalue weighted by Gasteiger charge is 2.59. The summed E-state index contributed by atoms with van der Waals surface area (Å²) in [7, 11) is 0. The molecule has 2 nitrogen and oxygen atoms in total. The fraction of sp³-hybridized carbons (Fsp3) is 0.863. The standard InChI is InChI=1S/C51H88O2/c1-8-10-11-12-13-14-15-16-17-18-19-20-21-22-23-24-25-26-27-28-49(52)53-44-35-37-50(6)43(39-44)31-32-45-47-34-33-46(51(47,7)38-36-48(45)50)41(5)29-30-42(9-2)40(3)4/h13-14,16-17,31,40-42,44-48H,8-12,15,18-30,32-39H2,1-7H3/b14-13-,17-16-. The van der Waals surface area contributed by atoms with E-state index in [-0.39, 0.29) is 12.1 Å². The topological polar surface area (TPSA) is 26.3 Å². The molecule has 9 atom stereocenters. The smallest absolute Gasteiger partial charge is 0.306 e. The van der Waals surface area contributed by atoms with E-state index < -0.39 is 0 Å². The largest absolute Gasteiger partial charge is 0.462 e. The molecule has 9 unspecified atom stereocenters. The van der Waals surface area contributed by atoms with E-state index in [1.165, 1.54) is 141 Å². The predicted octanol–water partition coefficient (Wildman–Crippen LogP) is 15.9. The second-order valence-corrected chi connectivity index (χ2v) is 19.7. The van der Waals surface area contributed by atoms with Crippen LogP contribution in [0.1, 0.15) is 222 Å². The maximum Gasteiger partial charge on any atom is 0.306 e. The summed E-state index contributed by atoms with van der Waals surface area (Å²) >= 11 is 0. The SMILES string of the molecule is CCCCC/C=C\C/C=C\CCCCCCCCCCCC(=O)OC1CCC2(C)C(=CCC3C2CCC2(C)C(C(C)CCC(CC)C(C)C)CCC32)C1. The average molecular weight is 733 g/mol. The van der Waals surface area contributed by atoms with Gasteiger partial charge in [-0.2, -0.15) is 0 Å². The summed E-state index contributed by atoms with van der Waals surface area (Å²) < 4.78 is 6.16. The fourth-order valence-electron chi connectivity index (χ4n) is 12.4. The monoisotopic (exact) mass is 733 g/mol. The number of unbranched alkanes of at least 4 members (excludes halogenated alkanes) is 12. The zero-order valence-electron chi connectivity index (χ0n) is 36.4. The van der Waals surface area contributed by atoms with Gasteiger partial charge in [0.1, 0.15) is 6.10 Å². The maximum absolute atomic E-state index is 12.9. The van der Waals surface area contributed by atoms with Crippen molar-refractivity contribution in [3.05, 3.63) is 36.0 Å². The summed E-state index contributed by atoms with van der Waals surface area (Å²) in [5.74, 6) is 6.14. The van der Waals surface area contributed by atoms with E-state index in [1.54, 1.807) is 5.57 Å². The van der Waals surface area contributed by atoms with Crippen LogP contribution in [-0.4, -0.2) is 12.1 Å². The van der Waals surface area contributed by atoms with Crippen LogP contribution in [0.5, 0.6) is 0 Å². The van der Waals surface area contributed by atoms with Crippen molar-refractivity contribution >= 4 is 5.97 Å². The van der Waals surface area contributed by atoms with E-state index in [4.69, 9.17) is 4.74 Å². The molecule has 0 saturated heterocycles. The van der Waals surface area contributed by atoms with Gasteiger partial charge in [-0.1, -0.05) is 155 Å². The molecule has 0 bridgehead atoms. The predicted molar refractivity (Wildman–Crippen MR) is 230 cm³/mol. The minimum Gasteiger partial charge on any atom is -0.462 e. The normalized spacial score (nSPS) is 31.0. The molecule has 3 saturated carbocycles. The van der Waals surface area contributed by atoms with Crippen molar-refractivity contribution in [1.29, 1.82) is 0 Å². The van der Waals surface area contributed by atoms with Crippen LogP contribution in [0.25, 0.3) is 0 Å². The Balaban J connectivity index is 1.07. The van der Waals surface area contributed by atoms with Crippen LogP contribution in [0.15, 0.2) is 36.0 Å². The zero-order chi connectivity index (χ0) is 38.1. The third-order valence-electron chi connectivity index (χ3n) is 15.9. The van der Waals surface area contributed by atoms with Crippen LogP contribution in [0.4, 0.5) is 0 Å². The summed E-state index contributed by atoms with van der Waals surface area (Å²) in [6.45, 7) is 17.5. The zero-order valence-corrected chi connectivity index (χ0v) is 36.4. The van der Waals surface area contributed by atoms with Crippen LogP contribution < -0.4 is 0 Å². The van der Waals surface area contributed by atoms with Crippen molar-refractivity contribution in [2.45, 2.75) is 228 Å². The number of ether oxygens (including phenoxy) is 1. The van der Waals surface area contributed by atoms with Crippen LogP contribution in [-0.2, 0) is 9.53 Å². The minimum absolute atomic E-state index is 0.0585. The Hall–Kier alpha value is -1.31.